The highest BCUT2D eigenvalue weighted by Crippen LogP contribution is 2.35. The summed E-state index contributed by atoms with van der Waals surface area (Å²) in [6.07, 6.45) is 2.00. The fourth-order valence-electron chi connectivity index (χ4n) is 5.87. The van der Waals surface area contributed by atoms with Gasteiger partial charge < -0.3 is 15.4 Å². The van der Waals surface area contributed by atoms with Crippen LogP contribution in [0.25, 0.3) is 0 Å². The van der Waals surface area contributed by atoms with Gasteiger partial charge in [0.15, 0.2) is 0 Å². The Balaban J connectivity index is 1.34. The molecule has 3 heterocycles. The number of sulfonamides is 1. The van der Waals surface area contributed by atoms with Gasteiger partial charge in [0.25, 0.3) is 11.8 Å². The fourth-order valence-corrected chi connectivity index (χ4v) is 8.09. The van der Waals surface area contributed by atoms with Gasteiger partial charge in [-0.2, -0.15) is 9.57 Å². The number of anilines is 1. The molecule has 17 heteroatoms. The molecule has 1 unspecified atom stereocenters. The lowest BCUT2D eigenvalue weighted by Crippen LogP contribution is -2.51. The van der Waals surface area contributed by atoms with Crippen molar-refractivity contribution in [2.45, 2.75) is 48.2 Å². The zero-order valence-corrected chi connectivity index (χ0v) is 28.2. The number of benzene rings is 2. The molecule has 0 spiro atoms. The average Bonchev–Trinajstić information content (AvgIpc) is 3.69. The van der Waals surface area contributed by atoms with Crippen molar-refractivity contribution in [2.24, 2.45) is 0 Å². The summed E-state index contributed by atoms with van der Waals surface area (Å²) in [5.41, 5.74) is 1.05. The number of amides is 2. The van der Waals surface area contributed by atoms with Crippen LogP contribution >= 0.6 is 23.2 Å². The minimum absolute atomic E-state index is 0.0215. The lowest BCUT2D eigenvalue weighted by Gasteiger charge is -2.25. The molecule has 2 fully saturated rings. The predicted molar refractivity (Wildman–Crippen MR) is 175 cm³/mol. The third kappa shape index (κ3) is 8.17. The van der Waals surface area contributed by atoms with E-state index in [1.807, 2.05) is 6.07 Å². The Morgan fingerprint density at radius 1 is 1.14 bits per heavy atom. The van der Waals surface area contributed by atoms with Crippen LogP contribution in [0.1, 0.15) is 34.3 Å². The first-order valence-corrected chi connectivity index (χ1v) is 17.1. The summed E-state index contributed by atoms with van der Waals surface area (Å²) in [6.45, 7) is -0.805. The van der Waals surface area contributed by atoms with Crippen molar-refractivity contribution in [1.82, 2.24) is 19.5 Å². The van der Waals surface area contributed by atoms with Crippen molar-refractivity contribution >= 4 is 56.7 Å². The summed E-state index contributed by atoms with van der Waals surface area (Å²) in [5, 5.41) is 14.7. The Morgan fingerprint density at radius 2 is 1.84 bits per heavy atom. The number of halogens is 4. The summed E-state index contributed by atoms with van der Waals surface area (Å²) in [7, 11) is -3.25. The quantitative estimate of drug-likeness (QED) is 0.295. The molecule has 258 valence electrons. The SMILES string of the molecule is COC(=O)[C@H](Cc1ccc(NC(=O)c2c(Cl)cncc2Cl)cc1)NC(=O)C1C[C@@H](N2CCC(F)(F)C2)CN1S(=O)(=O)c1cccc(C#N)c1. The third-order valence-corrected chi connectivity index (χ3v) is 10.8. The number of nitriles is 1. The van der Waals surface area contributed by atoms with E-state index in [1.165, 1.54) is 41.6 Å². The van der Waals surface area contributed by atoms with E-state index in [-0.39, 0.29) is 52.0 Å². The smallest absolute Gasteiger partial charge is 0.328 e. The number of alkyl halides is 2. The number of esters is 1. The number of ether oxygens (including phenoxy) is 1. The second-order valence-corrected chi connectivity index (χ2v) is 14.3. The topological polar surface area (TPSA) is 162 Å². The first-order valence-electron chi connectivity index (χ1n) is 14.9. The number of carbonyl (C=O) groups excluding carboxylic acids is 3. The van der Waals surface area contributed by atoms with Gasteiger partial charge in [-0.05, 0) is 42.3 Å². The van der Waals surface area contributed by atoms with Gasteiger partial charge in [-0.3, -0.25) is 19.5 Å². The van der Waals surface area contributed by atoms with Gasteiger partial charge in [-0.25, -0.2) is 22.0 Å². The maximum Gasteiger partial charge on any atom is 0.328 e. The number of rotatable bonds is 10. The number of carbonyl (C=O) groups is 3. The largest absolute Gasteiger partial charge is 0.467 e. The van der Waals surface area contributed by atoms with Crippen LogP contribution in [0, 0.1) is 11.3 Å². The predicted octanol–water partition coefficient (Wildman–Crippen LogP) is 3.89. The Kier molecular flexibility index (Phi) is 10.9. The zero-order chi connectivity index (χ0) is 35.5. The van der Waals surface area contributed by atoms with Crippen LogP contribution in [0.4, 0.5) is 14.5 Å². The van der Waals surface area contributed by atoms with Crippen molar-refractivity contribution in [3.8, 4) is 6.07 Å². The van der Waals surface area contributed by atoms with Crippen LogP contribution in [0.15, 0.2) is 65.8 Å². The van der Waals surface area contributed by atoms with E-state index in [2.05, 4.69) is 15.6 Å². The van der Waals surface area contributed by atoms with E-state index in [0.717, 1.165) is 11.4 Å². The second-order valence-electron chi connectivity index (χ2n) is 11.6. The van der Waals surface area contributed by atoms with Gasteiger partial charge in [-0.15, -0.1) is 0 Å². The highest BCUT2D eigenvalue weighted by molar-refractivity contribution is 7.89. The van der Waals surface area contributed by atoms with Crippen LogP contribution < -0.4 is 10.6 Å². The molecule has 0 bridgehead atoms. The summed E-state index contributed by atoms with van der Waals surface area (Å²) >= 11 is 12.1. The fraction of sp³-hybridized carbons (Fsp3) is 0.344. The Labute approximate surface area is 291 Å². The molecule has 2 saturated heterocycles. The molecule has 2 N–H and O–H groups in total. The molecule has 5 rings (SSSR count). The summed E-state index contributed by atoms with van der Waals surface area (Å²) < 4.78 is 61.8. The standard InChI is InChI=1S/C32H30Cl2F2N6O6S/c1-48-31(45)26(12-19-5-7-21(8-6-19)39-30(44)28-24(33)15-38-16-25(28)34)40-29(43)27-13-22(41-10-9-32(35,36)18-41)17-42(27)49(46,47)23-4-2-3-20(11-23)14-37/h2-8,11,15-16,22,26-27H,9-10,12-13,17-18H2,1H3,(H,39,44)(H,40,43)/t22-,26+,27?/m1/s1. The molecule has 3 aromatic rings. The summed E-state index contributed by atoms with van der Waals surface area (Å²) in [5.74, 6) is -5.15. The number of aromatic nitrogens is 1. The lowest BCUT2D eigenvalue weighted by molar-refractivity contribution is -0.145. The van der Waals surface area contributed by atoms with Crippen LogP contribution in [0.3, 0.4) is 0 Å². The van der Waals surface area contributed by atoms with Crippen LogP contribution in [0.2, 0.25) is 10.0 Å². The lowest BCUT2D eigenvalue weighted by atomic mass is 10.0. The second kappa shape index (κ2) is 14.7. The maximum atomic E-state index is 14.1. The number of pyridine rings is 1. The molecule has 2 amide bonds. The van der Waals surface area contributed by atoms with Gasteiger partial charge in [0.1, 0.15) is 12.1 Å². The van der Waals surface area contributed by atoms with E-state index in [1.54, 1.807) is 24.3 Å². The van der Waals surface area contributed by atoms with E-state index in [0.29, 0.717) is 11.3 Å². The third-order valence-electron chi connectivity index (χ3n) is 8.36. The van der Waals surface area contributed by atoms with Gasteiger partial charge in [0.05, 0.1) is 45.8 Å². The Hall–Kier alpha value is -4.20. The molecular formula is C32H30Cl2F2N6O6S. The zero-order valence-electron chi connectivity index (χ0n) is 25.9. The minimum atomic E-state index is -4.38. The van der Waals surface area contributed by atoms with E-state index < -0.39 is 64.8 Å². The number of likely N-dealkylation sites (tertiary alicyclic amines) is 1. The van der Waals surface area contributed by atoms with Crippen LogP contribution in [-0.4, -0.2) is 91.2 Å². The van der Waals surface area contributed by atoms with E-state index in [9.17, 15) is 36.8 Å². The summed E-state index contributed by atoms with van der Waals surface area (Å²) in [6, 6.07) is 10.2. The van der Waals surface area contributed by atoms with Gasteiger partial charge >= 0.3 is 5.97 Å². The molecule has 0 saturated carbocycles. The monoisotopic (exact) mass is 734 g/mol. The highest BCUT2D eigenvalue weighted by Gasteiger charge is 2.50. The molecule has 0 aliphatic carbocycles. The minimum Gasteiger partial charge on any atom is -0.467 e. The van der Waals surface area contributed by atoms with Crippen molar-refractivity contribution < 1.29 is 36.3 Å². The highest BCUT2D eigenvalue weighted by atomic mass is 35.5. The summed E-state index contributed by atoms with van der Waals surface area (Å²) in [4.78, 5) is 44.4. The molecule has 3 atom stereocenters. The number of methoxy groups -OCH3 is 1. The first-order chi connectivity index (χ1) is 23.2. The van der Waals surface area contributed by atoms with Crippen molar-refractivity contribution in [1.29, 1.82) is 5.26 Å². The van der Waals surface area contributed by atoms with Crippen molar-refractivity contribution in [2.75, 3.05) is 32.1 Å². The normalized spacial score (nSPS) is 19.9. The van der Waals surface area contributed by atoms with Crippen LogP contribution in [0.5, 0.6) is 0 Å². The first kappa shape index (κ1) is 36.1. The number of hydrogen-bond acceptors (Lipinski definition) is 9. The van der Waals surface area contributed by atoms with Crippen molar-refractivity contribution in [3.05, 3.63) is 87.7 Å². The Morgan fingerprint density at radius 3 is 2.45 bits per heavy atom. The van der Waals surface area contributed by atoms with Gasteiger partial charge in [-0.1, -0.05) is 41.4 Å². The molecule has 0 radical (unpaired) electrons. The molecule has 2 aliphatic heterocycles. The molecule has 2 aromatic carbocycles. The molecule has 2 aliphatic rings. The van der Waals surface area contributed by atoms with Gasteiger partial charge in [0.2, 0.25) is 15.9 Å². The van der Waals surface area contributed by atoms with Crippen molar-refractivity contribution in [3.63, 3.8) is 0 Å². The Bertz CT molecular complexity index is 1890. The number of hydrogen-bond donors (Lipinski definition) is 2. The number of nitrogens with one attached hydrogen (secondary N) is 2. The average molecular weight is 736 g/mol. The van der Waals surface area contributed by atoms with Gasteiger partial charge in [0, 0.05) is 50.1 Å². The molecule has 1 aromatic heterocycles. The van der Waals surface area contributed by atoms with Crippen LogP contribution in [-0.2, 0) is 30.8 Å². The molecule has 12 nitrogen and oxygen atoms in total. The number of nitrogens with zero attached hydrogens (tertiary/aromatic N) is 4. The molecule has 49 heavy (non-hydrogen) atoms. The van der Waals surface area contributed by atoms with E-state index in [4.69, 9.17) is 27.9 Å². The maximum absolute atomic E-state index is 14.1. The molecular weight excluding hydrogens is 705 g/mol. The van der Waals surface area contributed by atoms with E-state index >= 15 is 0 Å².